The van der Waals surface area contributed by atoms with Gasteiger partial charge in [0.05, 0.1) is 17.3 Å². The third-order valence-corrected chi connectivity index (χ3v) is 4.51. The van der Waals surface area contributed by atoms with Gasteiger partial charge in [0.2, 0.25) is 0 Å². The summed E-state index contributed by atoms with van der Waals surface area (Å²) in [5, 5.41) is 8.63. The maximum atomic E-state index is 5.75. The van der Waals surface area contributed by atoms with Crippen LogP contribution in [0.1, 0.15) is 27.2 Å². The zero-order chi connectivity index (χ0) is 16.4. The van der Waals surface area contributed by atoms with E-state index >= 15 is 0 Å². The second-order valence-corrected chi connectivity index (χ2v) is 7.04. The lowest BCUT2D eigenvalue weighted by molar-refractivity contribution is 0.268. The normalized spacial score (nSPS) is 19.7. The lowest BCUT2D eigenvalue weighted by Crippen LogP contribution is -2.53. The van der Waals surface area contributed by atoms with Crippen molar-refractivity contribution in [3.8, 4) is 0 Å². The average molecular weight is 325 g/mol. The molecule has 23 heavy (non-hydrogen) atoms. The van der Waals surface area contributed by atoms with Crippen LogP contribution >= 0.6 is 12.2 Å². The molecule has 1 aliphatic rings. The monoisotopic (exact) mass is 325 g/mol. The molecule has 120 valence electrons. The van der Waals surface area contributed by atoms with Crippen molar-refractivity contribution in [1.29, 1.82) is 0 Å². The number of rotatable bonds is 2. The Morgan fingerprint density at radius 1 is 1.04 bits per heavy atom. The third-order valence-electron chi connectivity index (χ3n) is 4.24. The number of hydrogen-bond donors (Lipinski definition) is 1. The first-order chi connectivity index (χ1) is 11.0. The van der Waals surface area contributed by atoms with Crippen LogP contribution in [-0.2, 0) is 0 Å². The Morgan fingerprint density at radius 2 is 1.61 bits per heavy atom. The van der Waals surface area contributed by atoms with Crippen molar-refractivity contribution in [2.24, 2.45) is 0 Å². The van der Waals surface area contributed by atoms with Crippen LogP contribution in [0.2, 0.25) is 0 Å². The fourth-order valence-corrected chi connectivity index (χ4v) is 3.86. The minimum atomic E-state index is -0.0336. The summed E-state index contributed by atoms with van der Waals surface area (Å²) in [6, 6.07) is 20.9. The molecule has 1 fully saturated rings. The molecule has 1 heterocycles. The topological polar surface area (TPSA) is 18.5 Å². The summed E-state index contributed by atoms with van der Waals surface area (Å²) in [6.45, 7) is 6.73. The molecule has 1 aliphatic heterocycles. The van der Waals surface area contributed by atoms with E-state index < -0.39 is 0 Å². The maximum absolute atomic E-state index is 5.75. The maximum Gasteiger partial charge on any atom is 0.193 e. The SMILES string of the molecule is CC1CC(C)(C)N(C(=S)Nc2ccccc2)N1c1ccccc1. The van der Waals surface area contributed by atoms with E-state index in [4.69, 9.17) is 12.2 Å². The molecule has 1 N–H and O–H groups in total. The molecule has 1 atom stereocenters. The quantitative estimate of drug-likeness (QED) is 0.808. The molecule has 0 radical (unpaired) electrons. The van der Waals surface area contributed by atoms with Crippen molar-refractivity contribution < 1.29 is 0 Å². The first-order valence-electron chi connectivity index (χ1n) is 7.99. The molecular weight excluding hydrogens is 302 g/mol. The Kier molecular flexibility index (Phi) is 4.26. The standard InChI is InChI=1S/C19H23N3S/c1-15-14-19(2,3)22(21(15)17-12-8-5-9-13-17)18(23)20-16-10-6-4-7-11-16/h4-13,15H,14H2,1-3H3,(H,20,23). The molecule has 0 amide bonds. The molecule has 0 aromatic heterocycles. The van der Waals surface area contributed by atoms with Crippen molar-refractivity contribution in [3.63, 3.8) is 0 Å². The minimum absolute atomic E-state index is 0.0336. The van der Waals surface area contributed by atoms with Crippen molar-refractivity contribution in [2.75, 3.05) is 10.3 Å². The highest BCUT2D eigenvalue weighted by atomic mass is 32.1. The molecule has 0 bridgehead atoms. The molecular formula is C19H23N3S. The van der Waals surface area contributed by atoms with E-state index in [1.165, 1.54) is 5.69 Å². The van der Waals surface area contributed by atoms with Gasteiger partial charge in [-0.15, -0.1) is 0 Å². The molecule has 3 nitrogen and oxygen atoms in total. The van der Waals surface area contributed by atoms with Gasteiger partial charge in [-0.1, -0.05) is 36.4 Å². The van der Waals surface area contributed by atoms with Crippen molar-refractivity contribution in [1.82, 2.24) is 5.01 Å². The fourth-order valence-electron chi connectivity index (χ4n) is 3.41. The van der Waals surface area contributed by atoms with Crippen LogP contribution in [0.4, 0.5) is 11.4 Å². The Bertz CT molecular complexity index is 670. The minimum Gasteiger partial charge on any atom is -0.331 e. The van der Waals surface area contributed by atoms with E-state index in [2.05, 4.69) is 60.4 Å². The predicted molar refractivity (Wildman–Crippen MR) is 102 cm³/mol. The Balaban J connectivity index is 1.91. The van der Waals surface area contributed by atoms with Gasteiger partial charge in [-0.05, 0) is 63.7 Å². The lowest BCUT2D eigenvalue weighted by Gasteiger charge is -2.40. The number of hydrogen-bond acceptors (Lipinski definition) is 2. The van der Waals surface area contributed by atoms with E-state index in [1.807, 2.05) is 36.4 Å². The second-order valence-electron chi connectivity index (χ2n) is 6.65. The van der Waals surface area contributed by atoms with Crippen LogP contribution in [0, 0.1) is 0 Å². The molecule has 0 saturated carbocycles. The van der Waals surface area contributed by atoms with Gasteiger partial charge in [0.15, 0.2) is 5.11 Å². The third kappa shape index (κ3) is 3.17. The van der Waals surface area contributed by atoms with Gasteiger partial charge >= 0.3 is 0 Å². The van der Waals surface area contributed by atoms with Gasteiger partial charge in [0.25, 0.3) is 0 Å². The van der Waals surface area contributed by atoms with Crippen molar-refractivity contribution in [2.45, 2.75) is 38.8 Å². The number of benzene rings is 2. The largest absolute Gasteiger partial charge is 0.331 e. The highest BCUT2D eigenvalue weighted by Crippen LogP contribution is 2.37. The molecule has 1 saturated heterocycles. The van der Waals surface area contributed by atoms with Gasteiger partial charge in [0, 0.05) is 5.69 Å². The summed E-state index contributed by atoms with van der Waals surface area (Å²) in [7, 11) is 0. The van der Waals surface area contributed by atoms with Gasteiger partial charge < -0.3 is 5.32 Å². The first-order valence-corrected chi connectivity index (χ1v) is 8.40. The molecule has 0 spiro atoms. The summed E-state index contributed by atoms with van der Waals surface area (Å²) >= 11 is 5.75. The highest BCUT2D eigenvalue weighted by Gasteiger charge is 2.44. The van der Waals surface area contributed by atoms with E-state index in [0.717, 1.165) is 17.2 Å². The average Bonchev–Trinajstić information content (AvgIpc) is 2.78. The highest BCUT2D eigenvalue weighted by molar-refractivity contribution is 7.80. The van der Waals surface area contributed by atoms with Crippen molar-refractivity contribution >= 4 is 28.7 Å². The predicted octanol–water partition coefficient (Wildman–Crippen LogP) is 4.68. The number of nitrogens with one attached hydrogen (secondary N) is 1. The summed E-state index contributed by atoms with van der Waals surface area (Å²) < 4.78 is 0. The molecule has 4 heteroatoms. The molecule has 2 aromatic carbocycles. The molecule has 0 aliphatic carbocycles. The summed E-state index contributed by atoms with van der Waals surface area (Å²) in [5.74, 6) is 0. The van der Waals surface area contributed by atoms with Crippen molar-refractivity contribution in [3.05, 3.63) is 60.7 Å². The number of para-hydroxylation sites is 2. The zero-order valence-corrected chi connectivity index (χ0v) is 14.7. The van der Waals surface area contributed by atoms with Crippen LogP contribution in [0.25, 0.3) is 0 Å². The van der Waals surface area contributed by atoms with Gasteiger partial charge in [-0.3, -0.25) is 10.0 Å². The fraction of sp³-hybridized carbons (Fsp3) is 0.316. The van der Waals surface area contributed by atoms with Crippen LogP contribution < -0.4 is 10.3 Å². The Hall–Kier alpha value is -2.07. The number of nitrogens with zero attached hydrogens (tertiary/aromatic N) is 2. The van der Waals surface area contributed by atoms with Crippen LogP contribution in [0.3, 0.4) is 0 Å². The smallest absolute Gasteiger partial charge is 0.193 e. The first kappa shape index (κ1) is 15.8. The molecule has 2 aromatic rings. The van der Waals surface area contributed by atoms with E-state index in [-0.39, 0.29) is 5.54 Å². The van der Waals surface area contributed by atoms with Gasteiger partial charge in [-0.2, -0.15) is 0 Å². The van der Waals surface area contributed by atoms with Gasteiger partial charge in [0.1, 0.15) is 0 Å². The van der Waals surface area contributed by atoms with E-state index in [1.54, 1.807) is 0 Å². The summed E-state index contributed by atoms with van der Waals surface area (Å²) in [6.07, 6.45) is 1.05. The van der Waals surface area contributed by atoms with E-state index in [0.29, 0.717) is 6.04 Å². The second kappa shape index (κ2) is 6.20. The van der Waals surface area contributed by atoms with Crippen LogP contribution in [-0.4, -0.2) is 21.7 Å². The molecule has 3 rings (SSSR count). The van der Waals surface area contributed by atoms with Gasteiger partial charge in [-0.25, -0.2) is 0 Å². The molecule has 1 unspecified atom stereocenters. The Morgan fingerprint density at radius 3 is 2.22 bits per heavy atom. The number of hydrazine groups is 1. The lowest BCUT2D eigenvalue weighted by atomic mass is 9.99. The van der Waals surface area contributed by atoms with Crippen LogP contribution in [0.15, 0.2) is 60.7 Å². The zero-order valence-electron chi connectivity index (χ0n) is 13.9. The number of anilines is 2. The van der Waals surface area contributed by atoms with Crippen LogP contribution in [0.5, 0.6) is 0 Å². The summed E-state index contributed by atoms with van der Waals surface area (Å²) in [5.41, 5.74) is 2.15. The summed E-state index contributed by atoms with van der Waals surface area (Å²) in [4.78, 5) is 0. The number of thiocarbonyl (C=S) groups is 1. The Labute approximate surface area is 143 Å². The van der Waals surface area contributed by atoms with E-state index in [9.17, 15) is 0 Å².